The number of aromatic nitrogens is 2. The number of anilines is 1. The Labute approximate surface area is 136 Å². The first kappa shape index (κ1) is 18.7. The summed E-state index contributed by atoms with van der Waals surface area (Å²) >= 11 is 0. The predicted molar refractivity (Wildman–Crippen MR) is 71.6 cm³/mol. The molecule has 136 valence electrons. The molecule has 0 aliphatic rings. The zero-order valence-corrected chi connectivity index (χ0v) is 12.7. The summed E-state index contributed by atoms with van der Waals surface area (Å²) in [5.41, 5.74) is -3.70. The molecular weight excluding hydrogens is 359 g/mol. The minimum atomic E-state index is -5.65. The molecule has 1 atom stereocenters. The van der Waals surface area contributed by atoms with E-state index in [1.54, 1.807) is 12.2 Å². The number of aryl methyl sites for hydroxylation is 1. The predicted octanol–water partition coefficient (Wildman–Crippen LogP) is 3.97. The largest absolute Gasteiger partial charge is 0.422 e. The third-order valence-corrected chi connectivity index (χ3v) is 3.30. The minimum Gasteiger partial charge on any atom is -0.319 e. The Hall–Kier alpha value is -2.59. The molecule has 0 aliphatic heterocycles. The molecular formula is C14H10F7N3O. The monoisotopic (exact) mass is 369 g/mol. The number of halogens is 7. The highest BCUT2D eigenvalue weighted by Crippen LogP contribution is 2.38. The summed E-state index contributed by atoms with van der Waals surface area (Å²) in [5, 5.41) is 5.33. The molecule has 0 aliphatic carbocycles. The molecule has 25 heavy (non-hydrogen) atoms. The Morgan fingerprint density at radius 2 is 1.64 bits per heavy atom. The third kappa shape index (κ3) is 3.44. The molecule has 2 rings (SSSR count). The summed E-state index contributed by atoms with van der Waals surface area (Å²) in [4.78, 5) is 12.0. The number of carbonyl (C=O) groups excluding carboxylic acids is 1. The maximum atomic E-state index is 13.7. The van der Waals surface area contributed by atoms with Crippen LogP contribution < -0.4 is 5.32 Å². The number of hydrogen-bond donors (Lipinski definition) is 1. The third-order valence-electron chi connectivity index (χ3n) is 3.30. The van der Waals surface area contributed by atoms with Gasteiger partial charge < -0.3 is 5.32 Å². The summed E-state index contributed by atoms with van der Waals surface area (Å²) in [6.45, 7) is 2.91. The SMILES string of the molecule is Cc1cnn(C(C)C(=O)Nc2c(F)c(F)c(C(F)(F)F)c(F)c2F)c1. The lowest BCUT2D eigenvalue weighted by atomic mass is 10.1. The second-order valence-electron chi connectivity index (χ2n) is 5.17. The van der Waals surface area contributed by atoms with Crippen molar-refractivity contribution in [3.05, 3.63) is 46.8 Å². The van der Waals surface area contributed by atoms with Crippen LogP contribution in [0.2, 0.25) is 0 Å². The maximum absolute atomic E-state index is 13.7. The minimum absolute atomic E-state index is 0.656. The average molecular weight is 369 g/mol. The smallest absolute Gasteiger partial charge is 0.319 e. The van der Waals surface area contributed by atoms with E-state index in [-0.39, 0.29) is 0 Å². The normalized spacial score (nSPS) is 13.0. The van der Waals surface area contributed by atoms with Gasteiger partial charge in [0.25, 0.3) is 0 Å². The number of benzene rings is 1. The zero-order valence-electron chi connectivity index (χ0n) is 12.7. The maximum Gasteiger partial charge on any atom is 0.422 e. The Morgan fingerprint density at radius 1 is 1.12 bits per heavy atom. The topological polar surface area (TPSA) is 46.9 Å². The Kier molecular flexibility index (Phi) is 4.78. The van der Waals surface area contributed by atoms with Crippen LogP contribution in [0.1, 0.15) is 24.1 Å². The fourth-order valence-corrected chi connectivity index (χ4v) is 1.98. The van der Waals surface area contributed by atoms with E-state index in [0.717, 1.165) is 4.68 Å². The van der Waals surface area contributed by atoms with Gasteiger partial charge in [0.1, 0.15) is 17.3 Å². The molecule has 4 nitrogen and oxygen atoms in total. The van der Waals surface area contributed by atoms with Gasteiger partial charge in [-0.15, -0.1) is 0 Å². The molecule has 0 bridgehead atoms. The van der Waals surface area contributed by atoms with Crippen LogP contribution in [-0.4, -0.2) is 15.7 Å². The van der Waals surface area contributed by atoms with Crippen LogP contribution in [0.3, 0.4) is 0 Å². The van der Waals surface area contributed by atoms with Gasteiger partial charge in [0.2, 0.25) is 5.91 Å². The van der Waals surface area contributed by atoms with Crippen molar-refractivity contribution in [3.63, 3.8) is 0 Å². The lowest BCUT2D eigenvalue weighted by molar-refractivity contribution is -0.143. The fourth-order valence-electron chi connectivity index (χ4n) is 1.98. The average Bonchev–Trinajstić information content (AvgIpc) is 2.94. The van der Waals surface area contributed by atoms with Crippen molar-refractivity contribution < 1.29 is 35.5 Å². The van der Waals surface area contributed by atoms with E-state index in [0.29, 0.717) is 5.56 Å². The highest BCUT2D eigenvalue weighted by Gasteiger charge is 2.42. The Morgan fingerprint density at radius 3 is 2.04 bits per heavy atom. The van der Waals surface area contributed by atoms with Crippen molar-refractivity contribution in [2.75, 3.05) is 5.32 Å². The number of nitrogens with zero attached hydrogens (tertiary/aromatic N) is 2. The van der Waals surface area contributed by atoms with Gasteiger partial charge >= 0.3 is 6.18 Å². The standard InChI is InChI=1S/C14H10F7N3O/c1-5-3-22-24(4-5)6(2)13(25)23-12-10(17)8(15)7(14(19,20)21)9(16)11(12)18/h3-4,6H,1-2H3,(H,23,25). The number of rotatable bonds is 3. The van der Waals surface area contributed by atoms with E-state index < -0.39 is 52.6 Å². The van der Waals surface area contributed by atoms with Gasteiger partial charge in [0.05, 0.1) is 6.20 Å². The quantitative estimate of drug-likeness (QED) is 0.658. The van der Waals surface area contributed by atoms with Gasteiger partial charge in [-0.05, 0) is 19.4 Å². The van der Waals surface area contributed by atoms with E-state index in [4.69, 9.17) is 0 Å². The second-order valence-corrected chi connectivity index (χ2v) is 5.17. The van der Waals surface area contributed by atoms with E-state index in [1.165, 1.54) is 19.3 Å². The lowest BCUT2D eigenvalue weighted by Crippen LogP contribution is -2.26. The molecule has 0 spiro atoms. The summed E-state index contributed by atoms with van der Waals surface area (Å²) in [6.07, 6.45) is -2.87. The van der Waals surface area contributed by atoms with Crippen LogP contribution in [0.15, 0.2) is 12.4 Å². The van der Waals surface area contributed by atoms with Gasteiger partial charge in [0.15, 0.2) is 23.3 Å². The van der Waals surface area contributed by atoms with Crippen molar-refractivity contribution in [2.45, 2.75) is 26.1 Å². The number of amides is 1. The fraction of sp³-hybridized carbons (Fsp3) is 0.286. The first-order chi connectivity index (χ1) is 11.4. The molecule has 1 amide bonds. The van der Waals surface area contributed by atoms with Gasteiger partial charge in [-0.1, -0.05) is 0 Å². The van der Waals surface area contributed by atoms with Gasteiger partial charge in [-0.3, -0.25) is 9.48 Å². The molecule has 0 fully saturated rings. The van der Waals surface area contributed by atoms with Crippen molar-refractivity contribution in [3.8, 4) is 0 Å². The summed E-state index contributed by atoms with van der Waals surface area (Å²) in [7, 11) is 0. The van der Waals surface area contributed by atoms with Crippen LogP contribution in [-0.2, 0) is 11.0 Å². The summed E-state index contributed by atoms with van der Waals surface area (Å²) in [6, 6.07) is -1.15. The highest BCUT2D eigenvalue weighted by molar-refractivity contribution is 5.93. The molecule has 0 saturated carbocycles. The molecule has 1 aromatic carbocycles. The van der Waals surface area contributed by atoms with E-state index in [9.17, 15) is 35.5 Å². The summed E-state index contributed by atoms with van der Waals surface area (Å²) < 4.78 is 93.1. The van der Waals surface area contributed by atoms with E-state index in [1.807, 2.05) is 0 Å². The van der Waals surface area contributed by atoms with Crippen molar-refractivity contribution in [2.24, 2.45) is 0 Å². The van der Waals surface area contributed by atoms with Crippen LogP contribution in [0.5, 0.6) is 0 Å². The van der Waals surface area contributed by atoms with E-state index >= 15 is 0 Å². The van der Waals surface area contributed by atoms with Gasteiger partial charge in [-0.25, -0.2) is 17.6 Å². The van der Waals surface area contributed by atoms with Crippen LogP contribution in [0, 0.1) is 30.2 Å². The molecule has 1 heterocycles. The highest BCUT2D eigenvalue weighted by atomic mass is 19.4. The molecule has 1 aromatic heterocycles. The van der Waals surface area contributed by atoms with Crippen molar-refractivity contribution in [1.82, 2.24) is 9.78 Å². The second kappa shape index (κ2) is 6.37. The number of carbonyl (C=O) groups is 1. The zero-order chi connectivity index (χ0) is 19.1. The Bertz CT molecular complexity index is 800. The molecule has 1 unspecified atom stereocenters. The lowest BCUT2D eigenvalue weighted by Gasteiger charge is -2.16. The number of nitrogens with one attached hydrogen (secondary N) is 1. The van der Waals surface area contributed by atoms with Gasteiger partial charge in [0, 0.05) is 6.20 Å². The van der Waals surface area contributed by atoms with E-state index in [2.05, 4.69) is 5.10 Å². The molecule has 0 radical (unpaired) electrons. The van der Waals surface area contributed by atoms with Gasteiger partial charge in [-0.2, -0.15) is 18.3 Å². The first-order valence-electron chi connectivity index (χ1n) is 6.69. The summed E-state index contributed by atoms with van der Waals surface area (Å²) in [5.74, 6) is -11.2. The first-order valence-corrected chi connectivity index (χ1v) is 6.69. The van der Waals surface area contributed by atoms with Crippen molar-refractivity contribution in [1.29, 1.82) is 0 Å². The molecule has 2 aromatic rings. The number of alkyl halides is 3. The molecule has 0 saturated heterocycles. The van der Waals surface area contributed by atoms with Crippen LogP contribution >= 0.6 is 0 Å². The van der Waals surface area contributed by atoms with Crippen molar-refractivity contribution >= 4 is 11.6 Å². The van der Waals surface area contributed by atoms with Crippen LogP contribution in [0.4, 0.5) is 36.4 Å². The Balaban J connectivity index is 2.42. The number of hydrogen-bond acceptors (Lipinski definition) is 2. The van der Waals surface area contributed by atoms with Crippen LogP contribution in [0.25, 0.3) is 0 Å². The molecule has 11 heteroatoms. The molecule has 1 N–H and O–H groups in total.